The van der Waals surface area contributed by atoms with Crippen LogP contribution in [0, 0.1) is 0 Å². The molecule has 0 spiro atoms. The first-order chi connectivity index (χ1) is 6.02. The molecule has 0 aliphatic rings. The lowest BCUT2D eigenvalue weighted by Crippen LogP contribution is -2.36. The number of carbonyl (C=O) groups is 1. The number of rotatable bonds is 2. The third-order valence-electron chi connectivity index (χ3n) is 1.31. The fraction of sp³-hybridized carbons (Fsp3) is 0.167. The number of hydrogen-bond acceptors (Lipinski definition) is 3. The Labute approximate surface area is 70.4 Å². The molecule has 0 saturated carbocycles. The summed E-state index contributed by atoms with van der Waals surface area (Å²) in [5, 5.41) is 8.28. The Morgan fingerprint density at radius 1 is 1.54 bits per heavy atom. The van der Waals surface area contributed by atoms with Gasteiger partial charge in [0, 0.05) is 12.3 Å². The maximum absolute atomic E-state index is 12.5. The smallest absolute Gasteiger partial charge is 0.360 e. The highest BCUT2D eigenvalue weighted by Crippen LogP contribution is 1.78. The lowest BCUT2D eigenvalue weighted by molar-refractivity contribution is -0.137. The highest BCUT2D eigenvalue weighted by atomic mass is 19.2. The van der Waals surface area contributed by atoms with Crippen molar-refractivity contribution in [1.29, 1.82) is 0 Å². The summed E-state index contributed by atoms with van der Waals surface area (Å²) in [5.41, 5.74) is -2.42. The summed E-state index contributed by atoms with van der Waals surface area (Å²) in [4.78, 5) is 30.8. The van der Waals surface area contributed by atoms with Crippen LogP contribution in [0.4, 0.5) is 4.48 Å². The molecule has 0 aromatic carbocycles. The van der Waals surface area contributed by atoms with Crippen molar-refractivity contribution in [2.45, 2.75) is 6.54 Å². The maximum atomic E-state index is 12.5. The van der Waals surface area contributed by atoms with Crippen LogP contribution in [0.3, 0.4) is 0 Å². The SMILES string of the molecule is O=C(O)Cn1ccc(=O)n(F)c1=O. The van der Waals surface area contributed by atoms with E-state index in [4.69, 9.17) is 5.11 Å². The summed E-state index contributed by atoms with van der Waals surface area (Å²) in [6.45, 7) is -0.678. The van der Waals surface area contributed by atoms with Crippen LogP contribution >= 0.6 is 0 Å². The molecule has 6 nitrogen and oxygen atoms in total. The van der Waals surface area contributed by atoms with E-state index in [0.29, 0.717) is 4.57 Å². The molecular weight excluding hydrogens is 183 g/mol. The van der Waals surface area contributed by atoms with E-state index in [2.05, 4.69) is 0 Å². The zero-order chi connectivity index (χ0) is 10.0. The maximum Gasteiger partial charge on any atom is 0.360 e. The molecule has 0 bridgehead atoms. The third kappa shape index (κ3) is 1.81. The molecule has 0 amide bonds. The van der Waals surface area contributed by atoms with Crippen molar-refractivity contribution in [1.82, 2.24) is 9.36 Å². The van der Waals surface area contributed by atoms with Crippen molar-refractivity contribution in [2.24, 2.45) is 0 Å². The Morgan fingerprint density at radius 2 is 2.15 bits per heavy atom. The summed E-state index contributed by atoms with van der Waals surface area (Å²) in [7, 11) is 0. The van der Waals surface area contributed by atoms with Gasteiger partial charge >= 0.3 is 11.7 Å². The van der Waals surface area contributed by atoms with Crippen LogP contribution in [-0.4, -0.2) is 20.4 Å². The molecule has 0 atom stereocenters. The van der Waals surface area contributed by atoms with E-state index < -0.39 is 28.6 Å². The molecule has 70 valence electrons. The molecule has 1 aromatic rings. The number of carboxylic acid groups (broad SMARTS) is 1. The van der Waals surface area contributed by atoms with Gasteiger partial charge in [-0.25, -0.2) is 4.79 Å². The first-order valence-electron chi connectivity index (χ1n) is 3.23. The number of carboxylic acids is 1. The van der Waals surface area contributed by atoms with Crippen molar-refractivity contribution >= 4 is 5.97 Å². The highest BCUT2D eigenvalue weighted by Gasteiger charge is 2.06. The lowest BCUT2D eigenvalue weighted by Gasteiger charge is -1.99. The van der Waals surface area contributed by atoms with Gasteiger partial charge in [-0.05, 0) is 0 Å². The molecule has 1 aromatic heterocycles. The van der Waals surface area contributed by atoms with Crippen molar-refractivity contribution < 1.29 is 14.4 Å². The van der Waals surface area contributed by atoms with Crippen LogP contribution in [0.5, 0.6) is 0 Å². The molecule has 0 aliphatic heterocycles. The van der Waals surface area contributed by atoms with E-state index in [0.717, 1.165) is 12.3 Å². The molecule has 1 heterocycles. The minimum Gasteiger partial charge on any atom is -0.480 e. The second-order valence-corrected chi connectivity index (χ2v) is 2.24. The molecule has 0 saturated heterocycles. The Hall–Kier alpha value is -1.92. The van der Waals surface area contributed by atoms with E-state index >= 15 is 0 Å². The Morgan fingerprint density at radius 3 is 2.69 bits per heavy atom. The quantitative estimate of drug-likeness (QED) is 0.633. The number of aromatic nitrogens is 2. The molecule has 0 aliphatic carbocycles. The van der Waals surface area contributed by atoms with Gasteiger partial charge in [0.25, 0.3) is 5.56 Å². The van der Waals surface area contributed by atoms with Gasteiger partial charge in [-0.1, -0.05) is 9.27 Å². The first-order valence-corrected chi connectivity index (χ1v) is 3.23. The van der Waals surface area contributed by atoms with Crippen LogP contribution < -0.4 is 11.2 Å². The van der Waals surface area contributed by atoms with Gasteiger partial charge in [0.2, 0.25) is 0 Å². The average molecular weight is 188 g/mol. The molecule has 0 fully saturated rings. The molecule has 13 heavy (non-hydrogen) atoms. The minimum absolute atomic E-state index is 0.573. The van der Waals surface area contributed by atoms with E-state index in [1.165, 1.54) is 0 Å². The summed E-state index contributed by atoms with van der Waals surface area (Å²) < 4.78 is 13.1. The summed E-state index contributed by atoms with van der Waals surface area (Å²) in [6, 6.07) is 0.768. The highest BCUT2D eigenvalue weighted by molar-refractivity contribution is 5.66. The van der Waals surface area contributed by atoms with Crippen LogP contribution in [0.1, 0.15) is 0 Å². The Balaban J connectivity index is 3.27. The van der Waals surface area contributed by atoms with E-state index in [1.807, 2.05) is 0 Å². The Bertz CT molecular complexity index is 447. The zero-order valence-corrected chi connectivity index (χ0v) is 6.31. The summed E-state index contributed by atoms with van der Waals surface area (Å²) in [5.74, 6) is -1.29. The molecular formula is C6H5FN2O4. The average Bonchev–Trinajstić information content (AvgIpc) is 2.06. The molecule has 1 N–H and O–H groups in total. The fourth-order valence-corrected chi connectivity index (χ4v) is 0.756. The third-order valence-corrected chi connectivity index (χ3v) is 1.31. The van der Waals surface area contributed by atoms with Crippen LogP contribution in [0.25, 0.3) is 0 Å². The van der Waals surface area contributed by atoms with Crippen LogP contribution in [-0.2, 0) is 11.3 Å². The lowest BCUT2D eigenvalue weighted by atomic mass is 10.6. The number of halogens is 1. The minimum atomic E-state index is -1.30. The van der Waals surface area contributed by atoms with Gasteiger partial charge in [0.15, 0.2) is 0 Å². The second kappa shape index (κ2) is 3.21. The van der Waals surface area contributed by atoms with Gasteiger partial charge in [0.1, 0.15) is 6.54 Å². The zero-order valence-electron chi connectivity index (χ0n) is 6.31. The van der Waals surface area contributed by atoms with Crippen molar-refractivity contribution in [3.05, 3.63) is 33.1 Å². The predicted octanol–water partition coefficient (Wildman–Crippen LogP) is -1.17. The fourth-order valence-electron chi connectivity index (χ4n) is 0.756. The van der Waals surface area contributed by atoms with Crippen molar-refractivity contribution in [3.8, 4) is 0 Å². The number of aliphatic carboxylic acids is 1. The van der Waals surface area contributed by atoms with Gasteiger partial charge in [0.05, 0.1) is 0 Å². The summed E-state index contributed by atoms with van der Waals surface area (Å²) >= 11 is 0. The topological polar surface area (TPSA) is 81.3 Å². The van der Waals surface area contributed by atoms with Crippen LogP contribution in [0.2, 0.25) is 0 Å². The monoisotopic (exact) mass is 188 g/mol. The van der Waals surface area contributed by atoms with E-state index in [1.54, 1.807) is 0 Å². The standard InChI is InChI=1S/C6H5FN2O4/c7-9-4(10)1-2-8(6(9)13)3-5(11)12/h1-2H,3H2,(H,11,12). The number of hydrogen-bond donors (Lipinski definition) is 1. The largest absolute Gasteiger partial charge is 0.480 e. The van der Waals surface area contributed by atoms with Gasteiger partial charge in [-0.15, -0.1) is 0 Å². The predicted molar refractivity (Wildman–Crippen MR) is 39.1 cm³/mol. The van der Waals surface area contributed by atoms with Gasteiger partial charge < -0.3 is 5.11 Å². The Kier molecular flexibility index (Phi) is 2.27. The summed E-state index contributed by atoms with van der Waals surface area (Å²) in [6.07, 6.45) is 0.925. The molecule has 7 heteroatoms. The van der Waals surface area contributed by atoms with Crippen LogP contribution in [0.15, 0.2) is 21.9 Å². The normalized spacial score (nSPS) is 9.92. The van der Waals surface area contributed by atoms with E-state index in [-0.39, 0.29) is 0 Å². The molecule has 0 radical (unpaired) electrons. The first kappa shape index (κ1) is 9.17. The van der Waals surface area contributed by atoms with Gasteiger partial charge in [-0.2, -0.15) is 0 Å². The molecule has 1 rings (SSSR count). The number of nitrogens with zero attached hydrogens (tertiary/aromatic N) is 2. The van der Waals surface area contributed by atoms with E-state index in [9.17, 15) is 18.9 Å². The molecule has 0 unspecified atom stereocenters. The second-order valence-electron chi connectivity index (χ2n) is 2.24. The van der Waals surface area contributed by atoms with Crippen molar-refractivity contribution in [2.75, 3.05) is 0 Å². The van der Waals surface area contributed by atoms with Gasteiger partial charge in [-0.3, -0.25) is 14.2 Å². The van der Waals surface area contributed by atoms with Crippen molar-refractivity contribution in [3.63, 3.8) is 0 Å².